The van der Waals surface area contributed by atoms with Gasteiger partial charge in [-0.15, -0.1) is 5.10 Å². The first-order chi connectivity index (χ1) is 14.2. The molecule has 1 saturated heterocycles. The Morgan fingerprint density at radius 3 is 2.66 bits per heavy atom. The highest BCUT2D eigenvalue weighted by Crippen LogP contribution is 2.32. The number of nitrogens with zero attached hydrogens (tertiary/aromatic N) is 5. The average molecular weight is 429 g/mol. The number of imidazole rings is 1. The number of aryl methyl sites for hydroxylation is 1. The lowest BCUT2D eigenvalue weighted by atomic mass is 10.1. The maximum absolute atomic E-state index is 6.50. The van der Waals surface area contributed by atoms with Crippen molar-refractivity contribution < 1.29 is 9.47 Å². The van der Waals surface area contributed by atoms with Gasteiger partial charge in [-0.05, 0) is 25.1 Å². The second-order valence-electron chi connectivity index (χ2n) is 6.57. The number of hydrogen-bond donors (Lipinski definition) is 1. The van der Waals surface area contributed by atoms with Gasteiger partial charge in [0.15, 0.2) is 5.65 Å². The Hall–Kier alpha value is -2.75. The third-order valence-corrected chi connectivity index (χ3v) is 5.62. The third kappa shape index (κ3) is 3.76. The van der Waals surface area contributed by atoms with Crippen molar-refractivity contribution in [3.8, 4) is 22.5 Å². The van der Waals surface area contributed by atoms with E-state index in [-0.39, 0.29) is 0 Å². The Morgan fingerprint density at radius 1 is 1.14 bits per heavy atom. The number of nitrogens with one attached hydrogen (secondary N) is 1. The lowest BCUT2D eigenvalue weighted by Gasteiger charge is -2.28. The van der Waals surface area contributed by atoms with Gasteiger partial charge in [-0.25, -0.2) is 4.98 Å². The smallest absolute Gasteiger partial charge is 0.303 e. The van der Waals surface area contributed by atoms with Crippen LogP contribution in [0.5, 0.6) is 11.2 Å². The highest BCUT2D eigenvalue weighted by Gasteiger charge is 2.15. The molecule has 1 fully saturated rings. The number of pyridine rings is 1. The molecule has 0 amide bonds. The summed E-state index contributed by atoms with van der Waals surface area (Å²) in [4.78, 5) is 14.4. The minimum atomic E-state index is 0.305. The van der Waals surface area contributed by atoms with Crippen molar-refractivity contribution in [2.45, 2.75) is 6.92 Å². The van der Waals surface area contributed by atoms with Crippen LogP contribution >= 0.6 is 22.9 Å². The van der Waals surface area contributed by atoms with Crippen molar-refractivity contribution in [1.82, 2.24) is 25.1 Å². The molecule has 5 rings (SSSR count). The molecule has 1 aliphatic heterocycles. The summed E-state index contributed by atoms with van der Waals surface area (Å²) < 4.78 is 11.0. The quantitative estimate of drug-likeness (QED) is 0.524. The van der Waals surface area contributed by atoms with Crippen molar-refractivity contribution in [1.29, 1.82) is 0 Å². The van der Waals surface area contributed by atoms with E-state index in [2.05, 4.69) is 42.2 Å². The number of anilines is 1. The summed E-state index contributed by atoms with van der Waals surface area (Å²) in [5.41, 5.74) is 3.99. The summed E-state index contributed by atoms with van der Waals surface area (Å²) in [6, 6.07) is 10.3. The van der Waals surface area contributed by atoms with Crippen LogP contribution in [0.2, 0.25) is 5.02 Å². The van der Waals surface area contributed by atoms with E-state index in [1.165, 1.54) is 11.3 Å². The van der Waals surface area contributed by atoms with Gasteiger partial charge in [-0.1, -0.05) is 40.2 Å². The lowest BCUT2D eigenvalue weighted by Crippen LogP contribution is -2.36. The fourth-order valence-electron chi connectivity index (χ4n) is 3.20. The average Bonchev–Trinajstić information content (AvgIpc) is 3.33. The standard InChI is InChI=1S/C19H17ClN6O2S/c1-11-24-25-19(29-11)28-18-21-15-10-14(20)16(22-17(15)23-18)12-2-4-13(5-3-12)26-6-8-27-9-7-26/h2-5,10H,6-9H2,1H3,(H,21,22,23). The number of fused-ring (bicyclic) bond motifs is 1. The van der Waals surface area contributed by atoms with E-state index < -0.39 is 0 Å². The van der Waals surface area contributed by atoms with Crippen LogP contribution in [-0.4, -0.2) is 51.5 Å². The molecule has 3 aromatic heterocycles. The molecule has 0 aliphatic carbocycles. The number of ether oxygens (including phenoxy) is 2. The molecule has 0 unspecified atom stereocenters. The lowest BCUT2D eigenvalue weighted by molar-refractivity contribution is 0.122. The van der Waals surface area contributed by atoms with E-state index in [1.807, 2.05) is 19.1 Å². The SMILES string of the molecule is Cc1nnc(Oc2nc3nc(-c4ccc(N5CCOCC5)cc4)c(Cl)cc3[nH]2)s1. The molecule has 1 aliphatic rings. The largest absolute Gasteiger partial charge is 0.396 e. The fourth-order valence-corrected chi connectivity index (χ4v) is 4.00. The van der Waals surface area contributed by atoms with Crippen molar-refractivity contribution >= 4 is 39.8 Å². The van der Waals surface area contributed by atoms with Crippen LogP contribution in [0.25, 0.3) is 22.4 Å². The molecule has 8 nitrogen and oxygen atoms in total. The molecular formula is C19H17ClN6O2S. The Morgan fingerprint density at radius 2 is 1.93 bits per heavy atom. The Bertz CT molecular complexity index is 1150. The topological polar surface area (TPSA) is 89.1 Å². The fraction of sp³-hybridized carbons (Fsp3) is 0.263. The molecule has 1 aromatic carbocycles. The number of halogens is 1. The number of morpholine rings is 1. The van der Waals surface area contributed by atoms with Gasteiger partial charge in [-0.2, -0.15) is 4.98 Å². The van der Waals surface area contributed by atoms with E-state index in [9.17, 15) is 0 Å². The van der Waals surface area contributed by atoms with Gasteiger partial charge in [0.25, 0.3) is 0 Å². The van der Waals surface area contributed by atoms with Gasteiger partial charge >= 0.3 is 11.2 Å². The Labute approximate surface area is 175 Å². The van der Waals surface area contributed by atoms with Gasteiger partial charge < -0.3 is 19.4 Å². The summed E-state index contributed by atoms with van der Waals surface area (Å²) in [7, 11) is 0. The normalized spacial score (nSPS) is 14.5. The molecule has 29 heavy (non-hydrogen) atoms. The van der Waals surface area contributed by atoms with E-state index in [0.717, 1.165) is 42.6 Å². The van der Waals surface area contributed by atoms with E-state index in [4.69, 9.17) is 21.1 Å². The highest BCUT2D eigenvalue weighted by molar-refractivity contribution is 7.13. The number of aromatic nitrogens is 5. The van der Waals surface area contributed by atoms with Crippen LogP contribution in [0.4, 0.5) is 5.69 Å². The molecule has 0 atom stereocenters. The molecule has 148 valence electrons. The summed E-state index contributed by atoms with van der Waals surface area (Å²) in [5, 5.41) is 9.65. The van der Waals surface area contributed by atoms with Crippen molar-refractivity contribution in [2.24, 2.45) is 0 Å². The number of H-pyrrole nitrogens is 1. The van der Waals surface area contributed by atoms with Gasteiger partial charge in [-0.3, -0.25) is 0 Å². The predicted molar refractivity (Wildman–Crippen MR) is 112 cm³/mol. The van der Waals surface area contributed by atoms with Crippen LogP contribution in [0.3, 0.4) is 0 Å². The van der Waals surface area contributed by atoms with Gasteiger partial charge in [0.1, 0.15) is 5.01 Å². The highest BCUT2D eigenvalue weighted by atomic mass is 35.5. The van der Waals surface area contributed by atoms with Crippen LogP contribution in [0.15, 0.2) is 30.3 Å². The van der Waals surface area contributed by atoms with Gasteiger partial charge in [0.2, 0.25) is 0 Å². The van der Waals surface area contributed by atoms with Crippen LogP contribution < -0.4 is 9.64 Å². The molecule has 0 spiro atoms. The Balaban J connectivity index is 1.42. The molecule has 0 bridgehead atoms. The summed E-state index contributed by atoms with van der Waals surface area (Å²) >= 11 is 7.85. The number of aromatic amines is 1. The summed E-state index contributed by atoms with van der Waals surface area (Å²) in [5.74, 6) is 0. The zero-order valence-electron chi connectivity index (χ0n) is 15.6. The molecule has 4 heterocycles. The van der Waals surface area contributed by atoms with Gasteiger partial charge in [0.05, 0.1) is 29.4 Å². The third-order valence-electron chi connectivity index (χ3n) is 4.61. The minimum Gasteiger partial charge on any atom is -0.396 e. The zero-order valence-corrected chi connectivity index (χ0v) is 17.1. The van der Waals surface area contributed by atoms with Crippen LogP contribution in [-0.2, 0) is 4.74 Å². The summed E-state index contributed by atoms with van der Waals surface area (Å²) in [6.45, 7) is 5.17. The van der Waals surface area contributed by atoms with Gasteiger partial charge in [0, 0.05) is 24.3 Å². The predicted octanol–water partition coefficient (Wildman–Crippen LogP) is 4.07. The maximum atomic E-state index is 6.50. The molecule has 0 radical (unpaired) electrons. The second-order valence-corrected chi connectivity index (χ2v) is 8.12. The molecule has 10 heteroatoms. The monoisotopic (exact) mass is 428 g/mol. The van der Waals surface area contributed by atoms with Crippen LogP contribution in [0.1, 0.15) is 5.01 Å². The molecule has 0 saturated carbocycles. The minimum absolute atomic E-state index is 0.305. The van der Waals surface area contributed by atoms with E-state index >= 15 is 0 Å². The van der Waals surface area contributed by atoms with Crippen molar-refractivity contribution in [3.63, 3.8) is 0 Å². The number of rotatable bonds is 4. The van der Waals surface area contributed by atoms with Crippen molar-refractivity contribution in [3.05, 3.63) is 40.4 Å². The first kappa shape index (κ1) is 18.3. The van der Waals surface area contributed by atoms with Crippen molar-refractivity contribution in [2.75, 3.05) is 31.2 Å². The number of benzene rings is 1. The zero-order chi connectivity index (χ0) is 19.8. The molecule has 1 N–H and O–H groups in total. The van der Waals surface area contributed by atoms with E-state index in [0.29, 0.717) is 33.1 Å². The summed E-state index contributed by atoms with van der Waals surface area (Å²) in [6.07, 6.45) is 0. The maximum Gasteiger partial charge on any atom is 0.303 e. The Kier molecular flexibility index (Phi) is 4.78. The first-order valence-electron chi connectivity index (χ1n) is 9.13. The molecule has 4 aromatic rings. The van der Waals surface area contributed by atoms with E-state index in [1.54, 1.807) is 6.07 Å². The second kappa shape index (κ2) is 7.58. The number of hydrogen-bond acceptors (Lipinski definition) is 8. The van der Waals surface area contributed by atoms with Crippen LogP contribution in [0, 0.1) is 6.92 Å². The first-order valence-corrected chi connectivity index (χ1v) is 10.3. The molecular weight excluding hydrogens is 412 g/mol.